The molecule has 6 rings (SSSR count). The van der Waals surface area contributed by atoms with E-state index in [1.54, 1.807) is 42.5 Å². The van der Waals surface area contributed by atoms with Gasteiger partial charge in [-0.2, -0.15) is 0 Å². The number of nitrogens with zero attached hydrogens (tertiary/aromatic N) is 1. The highest BCUT2D eigenvalue weighted by molar-refractivity contribution is 6.01. The molecule has 1 aliphatic rings. The summed E-state index contributed by atoms with van der Waals surface area (Å²) in [6.07, 6.45) is 0.889. The number of para-hydroxylation sites is 1. The molecule has 2 heterocycles. The molecule has 1 aromatic heterocycles. The SMILES string of the molecule is COc1cc(-c2cc(-c3cc(CO)c(CO)c(CO)c3)no2)cc(OC)c1OCCCCOc1ccc(C2NC(=O)c3ccccc3N2)cc1CO. The van der Waals surface area contributed by atoms with Crippen molar-refractivity contribution in [3.63, 3.8) is 0 Å². The number of methoxy groups -OCH3 is 2. The van der Waals surface area contributed by atoms with E-state index in [-0.39, 0.29) is 32.3 Å². The van der Waals surface area contributed by atoms with Gasteiger partial charge in [0.2, 0.25) is 5.75 Å². The molecule has 0 saturated heterocycles. The van der Waals surface area contributed by atoms with Crippen molar-refractivity contribution in [2.45, 2.75) is 45.4 Å². The van der Waals surface area contributed by atoms with E-state index in [1.165, 1.54) is 14.2 Å². The Kier molecular flexibility index (Phi) is 11.6. The van der Waals surface area contributed by atoms with E-state index in [1.807, 2.05) is 30.3 Å². The van der Waals surface area contributed by atoms with Crippen LogP contribution >= 0.6 is 0 Å². The Morgan fingerprint density at radius 3 is 2.04 bits per heavy atom. The first-order valence-electron chi connectivity index (χ1n) is 16.8. The predicted molar refractivity (Wildman–Crippen MR) is 191 cm³/mol. The van der Waals surface area contributed by atoms with Gasteiger partial charge in [-0.25, -0.2) is 0 Å². The van der Waals surface area contributed by atoms with Gasteiger partial charge in [-0.3, -0.25) is 4.79 Å². The van der Waals surface area contributed by atoms with Crippen LogP contribution in [0.2, 0.25) is 0 Å². The molecule has 1 aliphatic heterocycles. The largest absolute Gasteiger partial charge is 0.493 e. The number of hydrogen-bond acceptors (Lipinski definition) is 12. The van der Waals surface area contributed by atoms with E-state index >= 15 is 0 Å². The van der Waals surface area contributed by atoms with Crippen LogP contribution in [0.3, 0.4) is 0 Å². The van der Waals surface area contributed by atoms with E-state index in [9.17, 15) is 25.2 Å². The van der Waals surface area contributed by atoms with Crippen LogP contribution in [0.5, 0.6) is 23.0 Å². The third-order valence-corrected chi connectivity index (χ3v) is 8.86. The first kappa shape index (κ1) is 36.2. The van der Waals surface area contributed by atoms with Gasteiger partial charge in [0, 0.05) is 28.4 Å². The molecule has 0 fully saturated rings. The Hall–Kier alpha value is -5.60. The zero-order valence-corrected chi connectivity index (χ0v) is 28.8. The summed E-state index contributed by atoms with van der Waals surface area (Å²) >= 11 is 0. The topological polar surface area (TPSA) is 185 Å². The number of anilines is 1. The van der Waals surface area contributed by atoms with Crippen molar-refractivity contribution >= 4 is 11.6 Å². The van der Waals surface area contributed by atoms with Gasteiger partial charge in [0.25, 0.3) is 5.91 Å². The third-order valence-electron chi connectivity index (χ3n) is 8.86. The van der Waals surface area contributed by atoms with E-state index in [4.69, 9.17) is 23.5 Å². The van der Waals surface area contributed by atoms with Gasteiger partial charge in [-0.15, -0.1) is 0 Å². The fourth-order valence-corrected chi connectivity index (χ4v) is 6.12. The van der Waals surface area contributed by atoms with Crippen LogP contribution in [-0.2, 0) is 26.4 Å². The van der Waals surface area contributed by atoms with Crippen LogP contribution in [0.1, 0.15) is 57.2 Å². The molecule has 4 aromatic carbocycles. The van der Waals surface area contributed by atoms with Crippen molar-refractivity contribution in [3.8, 4) is 45.6 Å². The molecule has 1 unspecified atom stereocenters. The molecule has 0 aliphatic carbocycles. The quantitative estimate of drug-likeness (QED) is 0.0747. The van der Waals surface area contributed by atoms with Crippen LogP contribution in [-0.4, -0.2) is 58.9 Å². The number of carbonyl (C=O) groups is 1. The summed E-state index contributed by atoms with van der Waals surface area (Å²) in [5.74, 6) is 2.12. The maximum absolute atomic E-state index is 12.6. The lowest BCUT2D eigenvalue weighted by Gasteiger charge is -2.28. The van der Waals surface area contributed by atoms with Gasteiger partial charge < -0.3 is 54.5 Å². The number of ether oxygens (including phenoxy) is 4. The van der Waals surface area contributed by atoms with Crippen molar-refractivity contribution in [2.75, 3.05) is 32.8 Å². The zero-order chi connectivity index (χ0) is 36.6. The van der Waals surface area contributed by atoms with E-state index < -0.39 is 6.17 Å². The molecule has 0 saturated carbocycles. The summed E-state index contributed by atoms with van der Waals surface area (Å²) in [5.41, 5.74) is 5.93. The highest BCUT2D eigenvalue weighted by Crippen LogP contribution is 2.42. The van der Waals surface area contributed by atoms with Crippen molar-refractivity contribution in [3.05, 3.63) is 106 Å². The highest BCUT2D eigenvalue weighted by atomic mass is 16.5. The number of carbonyl (C=O) groups excluding carboxylic acids is 1. The van der Waals surface area contributed by atoms with Gasteiger partial charge in [-0.05, 0) is 83.6 Å². The number of benzene rings is 4. The number of aliphatic hydroxyl groups excluding tert-OH is 4. The molecule has 0 radical (unpaired) electrons. The number of aliphatic hydroxyl groups is 4. The first-order valence-corrected chi connectivity index (χ1v) is 16.8. The number of unbranched alkanes of at least 4 members (excludes halogenated alkanes) is 1. The molecular formula is C39H41N3O10. The first-order chi connectivity index (χ1) is 25.4. The Bertz CT molecular complexity index is 1980. The molecular weight excluding hydrogens is 670 g/mol. The van der Waals surface area contributed by atoms with Crippen LogP contribution in [0.15, 0.2) is 77.3 Å². The maximum Gasteiger partial charge on any atom is 0.255 e. The molecule has 1 amide bonds. The predicted octanol–water partition coefficient (Wildman–Crippen LogP) is 5.09. The summed E-state index contributed by atoms with van der Waals surface area (Å²) in [4.78, 5) is 12.6. The molecule has 5 aromatic rings. The van der Waals surface area contributed by atoms with Gasteiger partial charge in [-0.1, -0.05) is 23.4 Å². The number of rotatable bonds is 16. The molecule has 272 valence electrons. The monoisotopic (exact) mass is 711 g/mol. The molecule has 52 heavy (non-hydrogen) atoms. The number of hydrogen-bond donors (Lipinski definition) is 6. The third kappa shape index (κ3) is 7.67. The van der Waals surface area contributed by atoms with E-state index in [0.717, 1.165) is 11.3 Å². The summed E-state index contributed by atoms with van der Waals surface area (Å²) in [7, 11) is 3.06. The number of fused-ring (bicyclic) bond motifs is 1. The summed E-state index contributed by atoms with van der Waals surface area (Å²) in [6.45, 7) is -0.392. The van der Waals surface area contributed by atoms with Crippen LogP contribution in [0.4, 0.5) is 5.69 Å². The smallest absolute Gasteiger partial charge is 0.255 e. The molecule has 13 nitrogen and oxygen atoms in total. The van der Waals surface area contributed by atoms with E-state index in [2.05, 4.69) is 15.8 Å². The van der Waals surface area contributed by atoms with E-state index in [0.29, 0.717) is 99.5 Å². The summed E-state index contributed by atoms with van der Waals surface area (Å²) in [6, 6.07) is 21.4. The Labute approximate surface area is 300 Å². The number of amides is 1. The number of nitrogens with one attached hydrogen (secondary N) is 2. The van der Waals surface area contributed by atoms with Crippen LogP contribution < -0.4 is 29.6 Å². The van der Waals surface area contributed by atoms with Gasteiger partial charge in [0.05, 0.1) is 59.4 Å². The average Bonchev–Trinajstić information content (AvgIpc) is 3.69. The standard InChI is InChI=1S/C39H41N3O10/c1-48-35-16-25(34-18-32(42-52-34)24-14-26(19-43)30(22-46)27(15-24)20-44)17-36(49-2)37(35)51-12-6-5-11-50-33-10-9-23(13-28(33)21-45)38-40-31-8-4-3-7-29(31)39(47)41-38/h3-4,7-10,13-18,38,40,43-46H,5-6,11-12,19-22H2,1-2H3,(H,41,47). The molecule has 6 N–H and O–H groups in total. The second kappa shape index (κ2) is 16.6. The minimum absolute atomic E-state index is 0.165. The van der Waals surface area contributed by atoms with Gasteiger partial charge in [0.1, 0.15) is 17.6 Å². The minimum Gasteiger partial charge on any atom is -0.493 e. The lowest BCUT2D eigenvalue weighted by Crippen LogP contribution is -2.38. The lowest BCUT2D eigenvalue weighted by atomic mass is 9.97. The van der Waals surface area contributed by atoms with Crippen molar-refractivity contribution in [2.24, 2.45) is 0 Å². The number of aromatic nitrogens is 1. The second-order valence-corrected chi connectivity index (χ2v) is 12.1. The average molecular weight is 712 g/mol. The highest BCUT2D eigenvalue weighted by Gasteiger charge is 2.25. The lowest BCUT2D eigenvalue weighted by molar-refractivity contribution is 0.0935. The molecule has 0 bridgehead atoms. The fraction of sp³-hybridized carbons (Fsp3) is 0.282. The van der Waals surface area contributed by atoms with Gasteiger partial charge in [0.15, 0.2) is 17.3 Å². The van der Waals surface area contributed by atoms with Crippen molar-refractivity contribution in [1.29, 1.82) is 0 Å². The second-order valence-electron chi connectivity index (χ2n) is 12.1. The molecule has 0 spiro atoms. The molecule has 1 atom stereocenters. The molecule has 13 heteroatoms. The van der Waals surface area contributed by atoms with Crippen molar-refractivity contribution in [1.82, 2.24) is 10.5 Å². The van der Waals surface area contributed by atoms with Crippen LogP contribution in [0, 0.1) is 0 Å². The maximum atomic E-state index is 12.6. The van der Waals surface area contributed by atoms with Gasteiger partial charge >= 0.3 is 0 Å². The summed E-state index contributed by atoms with van der Waals surface area (Å²) < 4.78 is 29.0. The summed E-state index contributed by atoms with van der Waals surface area (Å²) in [5, 5.41) is 49.8. The fourth-order valence-electron chi connectivity index (χ4n) is 6.12. The van der Waals surface area contributed by atoms with Crippen LogP contribution in [0.25, 0.3) is 22.6 Å². The Balaban J connectivity index is 1.06. The normalized spacial score (nSPS) is 13.6. The zero-order valence-electron chi connectivity index (χ0n) is 28.8. The Morgan fingerprint density at radius 2 is 1.38 bits per heavy atom. The van der Waals surface area contributed by atoms with Crippen molar-refractivity contribution < 1.29 is 48.7 Å². The Morgan fingerprint density at radius 1 is 0.712 bits per heavy atom. The minimum atomic E-state index is -0.437.